The maximum Gasteiger partial charge on any atom is 0.410 e. The maximum atomic E-state index is 12.3. The van der Waals surface area contributed by atoms with Crippen LogP contribution in [0.4, 0.5) is 4.79 Å². The molecule has 0 aliphatic carbocycles. The van der Waals surface area contributed by atoms with Crippen LogP contribution < -0.4 is 5.32 Å². The Labute approximate surface area is 149 Å². The summed E-state index contributed by atoms with van der Waals surface area (Å²) in [6.07, 6.45) is 2.01. The van der Waals surface area contributed by atoms with E-state index in [0.29, 0.717) is 25.4 Å². The van der Waals surface area contributed by atoms with Gasteiger partial charge in [0.2, 0.25) is 0 Å². The quantitative estimate of drug-likeness (QED) is 0.755. The van der Waals surface area contributed by atoms with Crippen molar-refractivity contribution in [2.24, 2.45) is 5.92 Å². The number of carboxylic acid groups (broad SMARTS) is 1. The second-order valence-electron chi connectivity index (χ2n) is 6.96. The molecule has 1 saturated heterocycles. The normalized spacial score (nSPS) is 18.4. The van der Waals surface area contributed by atoms with E-state index in [9.17, 15) is 14.7 Å². The number of aliphatic carboxylic acids is 1. The third-order valence-corrected chi connectivity index (χ3v) is 4.42. The minimum atomic E-state index is -0.843. The number of ether oxygens (including phenoxy) is 1. The van der Waals surface area contributed by atoms with E-state index < -0.39 is 12.0 Å². The van der Waals surface area contributed by atoms with Crippen molar-refractivity contribution in [3.05, 3.63) is 35.9 Å². The lowest BCUT2D eigenvalue weighted by atomic mass is 10.0. The number of rotatable bonds is 8. The van der Waals surface area contributed by atoms with E-state index in [0.717, 1.165) is 18.4 Å². The van der Waals surface area contributed by atoms with Crippen LogP contribution >= 0.6 is 0 Å². The molecule has 0 bridgehead atoms. The molecule has 0 saturated carbocycles. The minimum absolute atomic E-state index is 0.0164. The number of hydrogen-bond acceptors (Lipinski definition) is 4. The van der Waals surface area contributed by atoms with Crippen molar-refractivity contribution in [3.8, 4) is 0 Å². The molecule has 2 rings (SSSR count). The standard InChI is InChI=1S/C19H28N2O4/c1-14(2)11-17(18(22)23)20-12-16-9-6-10-21(16)19(24)25-13-15-7-4-3-5-8-15/h3-5,7-8,14,16-17,20H,6,9-13H2,1-2H3,(H,22,23)/t16-,17-/m0/s1. The van der Waals surface area contributed by atoms with Gasteiger partial charge in [-0.3, -0.25) is 4.79 Å². The van der Waals surface area contributed by atoms with Crippen molar-refractivity contribution >= 4 is 12.1 Å². The Balaban J connectivity index is 1.84. The first-order chi connectivity index (χ1) is 12.0. The van der Waals surface area contributed by atoms with Crippen LogP contribution in [-0.4, -0.2) is 47.2 Å². The molecule has 0 aromatic heterocycles. The van der Waals surface area contributed by atoms with Crippen LogP contribution in [0.1, 0.15) is 38.7 Å². The van der Waals surface area contributed by atoms with E-state index in [2.05, 4.69) is 5.32 Å². The first kappa shape index (κ1) is 19.2. The summed E-state index contributed by atoms with van der Waals surface area (Å²) in [7, 11) is 0. The van der Waals surface area contributed by atoms with Crippen LogP contribution in [0.5, 0.6) is 0 Å². The van der Waals surface area contributed by atoms with Gasteiger partial charge in [0, 0.05) is 19.1 Å². The molecule has 1 aromatic rings. The number of hydrogen-bond donors (Lipinski definition) is 2. The van der Waals surface area contributed by atoms with Gasteiger partial charge in [-0.05, 0) is 30.7 Å². The van der Waals surface area contributed by atoms with Crippen molar-refractivity contribution in [1.82, 2.24) is 10.2 Å². The minimum Gasteiger partial charge on any atom is -0.480 e. The van der Waals surface area contributed by atoms with Gasteiger partial charge in [0.05, 0.1) is 0 Å². The van der Waals surface area contributed by atoms with Gasteiger partial charge < -0.3 is 20.1 Å². The van der Waals surface area contributed by atoms with Gasteiger partial charge in [-0.25, -0.2) is 4.79 Å². The Morgan fingerprint density at radius 3 is 2.68 bits per heavy atom. The third-order valence-electron chi connectivity index (χ3n) is 4.42. The van der Waals surface area contributed by atoms with Gasteiger partial charge in [-0.1, -0.05) is 44.2 Å². The zero-order valence-corrected chi connectivity index (χ0v) is 15.0. The highest BCUT2D eigenvalue weighted by Crippen LogP contribution is 2.19. The van der Waals surface area contributed by atoms with Crippen molar-refractivity contribution in [2.75, 3.05) is 13.1 Å². The summed E-state index contributed by atoms with van der Waals surface area (Å²) < 4.78 is 5.40. The highest BCUT2D eigenvalue weighted by atomic mass is 16.6. The van der Waals surface area contributed by atoms with E-state index in [1.807, 2.05) is 44.2 Å². The Morgan fingerprint density at radius 2 is 2.04 bits per heavy atom. The van der Waals surface area contributed by atoms with Gasteiger partial charge in [0.25, 0.3) is 0 Å². The first-order valence-corrected chi connectivity index (χ1v) is 8.91. The summed E-state index contributed by atoms with van der Waals surface area (Å²) in [6, 6.07) is 8.97. The molecular weight excluding hydrogens is 320 g/mol. The summed E-state index contributed by atoms with van der Waals surface area (Å²) in [5.74, 6) is -0.547. The second kappa shape index (κ2) is 9.42. The zero-order valence-electron chi connectivity index (χ0n) is 15.0. The van der Waals surface area contributed by atoms with Crippen molar-refractivity contribution < 1.29 is 19.4 Å². The van der Waals surface area contributed by atoms with E-state index in [1.54, 1.807) is 4.90 Å². The van der Waals surface area contributed by atoms with Crippen LogP contribution in [0.2, 0.25) is 0 Å². The molecule has 1 fully saturated rings. The third kappa shape index (κ3) is 6.05. The largest absolute Gasteiger partial charge is 0.480 e. The Hall–Kier alpha value is -2.08. The van der Waals surface area contributed by atoms with Gasteiger partial charge in [-0.15, -0.1) is 0 Å². The molecule has 0 radical (unpaired) electrons. The van der Waals surface area contributed by atoms with E-state index >= 15 is 0 Å². The molecule has 1 amide bonds. The molecule has 2 N–H and O–H groups in total. The smallest absolute Gasteiger partial charge is 0.410 e. The van der Waals surface area contributed by atoms with E-state index in [-0.39, 0.29) is 18.7 Å². The van der Waals surface area contributed by atoms with Gasteiger partial charge in [0.1, 0.15) is 12.6 Å². The first-order valence-electron chi connectivity index (χ1n) is 8.91. The number of benzene rings is 1. The lowest BCUT2D eigenvalue weighted by molar-refractivity contribution is -0.140. The van der Waals surface area contributed by atoms with Gasteiger partial charge in [0.15, 0.2) is 0 Å². The van der Waals surface area contributed by atoms with E-state index in [1.165, 1.54) is 0 Å². The van der Waals surface area contributed by atoms with Crippen LogP contribution in [0, 0.1) is 5.92 Å². The summed E-state index contributed by atoms with van der Waals surface area (Å²) in [5, 5.41) is 12.4. The molecule has 0 spiro atoms. The Morgan fingerprint density at radius 1 is 1.32 bits per heavy atom. The van der Waals surface area contributed by atoms with Crippen molar-refractivity contribution in [2.45, 2.75) is 51.8 Å². The monoisotopic (exact) mass is 348 g/mol. The predicted octanol–water partition coefficient (Wildman–Crippen LogP) is 2.88. The lowest BCUT2D eigenvalue weighted by Gasteiger charge is -2.26. The van der Waals surface area contributed by atoms with Crippen molar-refractivity contribution in [3.63, 3.8) is 0 Å². The molecule has 1 aliphatic heterocycles. The molecule has 2 atom stereocenters. The molecular formula is C19H28N2O4. The number of nitrogens with one attached hydrogen (secondary N) is 1. The SMILES string of the molecule is CC(C)C[C@H](NC[C@@H]1CCCN1C(=O)OCc1ccccc1)C(=O)O. The number of carboxylic acids is 1. The topological polar surface area (TPSA) is 78.9 Å². The highest BCUT2D eigenvalue weighted by molar-refractivity contribution is 5.73. The van der Waals surface area contributed by atoms with Crippen LogP contribution in [-0.2, 0) is 16.1 Å². The summed E-state index contributed by atoms with van der Waals surface area (Å²) in [4.78, 5) is 25.4. The Bertz CT molecular complexity index is 562. The van der Waals surface area contributed by atoms with Crippen molar-refractivity contribution in [1.29, 1.82) is 0 Å². The van der Waals surface area contributed by atoms with Gasteiger partial charge in [-0.2, -0.15) is 0 Å². The molecule has 0 unspecified atom stereocenters. The summed E-state index contributed by atoms with van der Waals surface area (Å²) in [6.45, 7) is 5.38. The lowest BCUT2D eigenvalue weighted by Crippen LogP contribution is -2.47. The average Bonchev–Trinajstić information content (AvgIpc) is 3.05. The number of nitrogens with zero attached hydrogens (tertiary/aromatic N) is 1. The Kier molecular flexibility index (Phi) is 7.25. The average molecular weight is 348 g/mol. The molecule has 1 heterocycles. The maximum absolute atomic E-state index is 12.3. The number of likely N-dealkylation sites (tertiary alicyclic amines) is 1. The highest BCUT2D eigenvalue weighted by Gasteiger charge is 2.31. The second-order valence-corrected chi connectivity index (χ2v) is 6.96. The number of carbonyl (C=O) groups excluding carboxylic acids is 1. The molecule has 1 aliphatic rings. The molecule has 6 nitrogen and oxygen atoms in total. The summed E-state index contributed by atoms with van der Waals surface area (Å²) in [5.41, 5.74) is 0.951. The zero-order chi connectivity index (χ0) is 18.2. The molecule has 6 heteroatoms. The fraction of sp³-hybridized carbons (Fsp3) is 0.579. The molecule has 25 heavy (non-hydrogen) atoms. The van der Waals surface area contributed by atoms with Crippen LogP contribution in [0.25, 0.3) is 0 Å². The molecule has 1 aromatic carbocycles. The molecule has 138 valence electrons. The number of amides is 1. The van der Waals surface area contributed by atoms with E-state index in [4.69, 9.17) is 4.74 Å². The van der Waals surface area contributed by atoms with Crippen LogP contribution in [0.3, 0.4) is 0 Å². The number of carbonyl (C=O) groups is 2. The van der Waals surface area contributed by atoms with Gasteiger partial charge >= 0.3 is 12.1 Å². The predicted molar refractivity (Wildman–Crippen MR) is 95.2 cm³/mol. The summed E-state index contributed by atoms with van der Waals surface area (Å²) >= 11 is 0. The fourth-order valence-corrected chi connectivity index (χ4v) is 3.11. The van der Waals surface area contributed by atoms with Crippen LogP contribution in [0.15, 0.2) is 30.3 Å². The fourth-order valence-electron chi connectivity index (χ4n) is 3.11.